The van der Waals surface area contributed by atoms with Crippen molar-refractivity contribution in [1.29, 1.82) is 0 Å². The standard InChI is InChI=1S/C26H34FN3O5S/c1-4-24(26(32)28-21-9-5-6-10-21)29(17-19-12-14-23(35-2)15-13-19)25(31)18-30(36(3,33)34)22-11-7-8-20(27)16-22/h7-8,11-16,21,24H,4-6,9-10,17-18H2,1-3H3,(H,28,32)/t24-/m1/s1. The lowest BCUT2D eigenvalue weighted by Crippen LogP contribution is -2.53. The minimum atomic E-state index is -3.91. The Morgan fingerprint density at radius 2 is 1.81 bits per heavy atom. The van der Waals surface area contributed by atoms with E-state index in [0.717, 1.165) is 47.9 Å². The van der Waals surface area contributed by atoms with Gasteiger partial charge in [0.25, 0.3) is 0 Å². The Hall–Kier alpha value is -3.14. The maximum atomic E-state index is 13.9. The number of hydrogen-bond acceptors (Lipinski definition) is 5. The molecule has 8 nitrogen and oxygen atoms in total. The Morgan fingerprint density at radius 1 is 1.14 bits per heavy atom. The minimum Gasteiger partial charge on any atom is -0.497 e. The van der Waals surface area contributed by atoms with E-state index in [0.29, 0.717) is 12.2 Å². The number of methoxy groups -OCH3 is 1. The first-order valence-electron chi connectivity index (χ1n) is 12.1. The SMILES string of the molecule is CC[C@H](C(=O)NC1CCCC1)N(Cc1ccc(OC)cc1)C(=O)CN(c1cccc(F)c1)S(C)(=O)=O. The Morgan fingerprint density at radius 3 is 2.36 bits per heavy atom. The number of benzene rings is 2. The molecule has 0 aliphatic heterocycles. The molecule has 1 aliphatic carbocycles. The Kier molecular flexibility index (Phi) is 9.31. The second kappa shape index (κ2) is 12.2. The molecule has 2 aromatic rings. The highest BCUT2D eigenvalue weighted by molar-refractivity contribution is 7.92. The first-order chi connectivity index (χ1) is 17.1. The molecule has 2 amide bonds. The van der Waals surface area contributed by atoms with Crippen LogP contribution >= 0.6 is 0 Å². The fraction of sp³-hybridized carbons (Fsp3) is 0.462. The van der Waals surface area contributed by atoms with Crippen molar-refractivity contribution in [3.05, 3.63) is 59.9 Å². The van der Waals surface area contributed by atoms with Gasteiger partial charge in [0.15, 0.2) is 0 Å². The molecule has 0 bridgehead atoms. The maximum Gasteiger partial charge on any atom is 0.244 e. The third kappa shape index (κ3) is 7.19. The lowest BCUT2D eigenvalue weighted by atomic mass is 10.1. The summed E-state index contributed by atoms with van der Waals surface area (Å²) in [5.74, 6) is -0.792. The van der Waals surface area contributed by atoms with Gasteiger partial charge < -0.3 is 15.0 Å². The maximum absolute atomic E-state index is 13.9. The van der Waals surface area contributed by atoms with Crippen LogP contribution in [-0.4, -0.2) is 57.1 Å². The predicted octanol–water partition coefficient (Wildman–Crippen LogP) is 3.47. The second-order valence-electron chi connectivity index (χ2n) is 9.03. The number of carbonyl (C=O) groups excluding carboxylic acids is 2. The Labute approximate surface area is 212 Å². The van der Waals surface area contributed by atoms with Crippen molar-refractivity contribution in [3.8, 4) is 5.75 Å². The number of amides is 2. The highest BCUT2D eigenvalue weighted by Gasteiger charge is 2.33. The van der Waals surface area contributed by atoms with Gasteiger partial charge in [0, 0.05) is 12.6 Å². The van der Waals surface area contributed by atoms with Gasteiger partial charge in [-0.3, -0.25) is 13.9 Å². The molecule has 0 spiro atoms. The van der Waals surface area contributed by atoms with Crippen molar-refractivity contribution in [2.45, 2.75) is 57.7 Å². The van der Waals surface area contributed by atoms with Crippen LogP contribution in [0.5, 0.6) is 5.75 Å². The lowest BCUT2D eigenvalue weighted by molar-refractivity contribution is -0.140. The molecule has 1 N–H and O–H groups in total. The molecular weight excluding hydrogens is 485 g/mol. The molecule has 196 valence electrons. The van der Waals surface area contributed by atoms with Crippen LogP contribution < -0.4 is 14.4 Å². The van der Waals surface area contributed by atoms with Crippen molar-refractivity contribution < 1.29 is 27.1 Å². The van der Waals surface area contributed by atoms with E-state index in [1.54, 1.807) is 31.4 Å². The zero-order chi connectivity index (χ0) is 26.3. The normalized spacial score (nSPS) is 14.8. The average Bonchev–Trinajstić information content (AvgIpc) is 3.35. The van der Waals surface area contributed by atoms with Gasteiger partial charge in [0.1, 0.15) is 24.2 Å². The van der Waals surface area contributed by atoms with Crippen molar-refractivity contribution in [2.24, 2.45) is 0 Å². The van der Waals surface area contributed by atoms with Gasteiger partial charge >= 0.3 is 0 Å². The minimum absolute atomic E-state index is 0.0405. The summed E-state index contributed by atoms with van der Waals surface area (Å²) in [5.41, 5.74) is 0.798. The summed E-state index contributed by atoms with van der Waals surface area (Å²) in [6.45, 7) is 1.35. The summed E-state index contributed by atoms with van der Waals surface area (Å²) in [6, 6.07) is 11.4. The number of rotatable bonds is 11. The predicted molar refractivity (Wildman–Crippen MR) is 137 cm³/mol. The molecular formula is C26H34FN3O5S. The van der Waals surface area contributed by atoms with Crippen molar-refractivity contribution >= 4 is 27.5 Å². The van der Waals surface area contributed by atoms with E-state index in [-0.39, 0.29) is 24.2 Å². The van der Waals surface area contributed by atoms with Crippen molar-refractivity contribution in [3.63, 3.8) is 0 Å². The van der Waals surface area contributed by atoms with E-state index in [1.807, 2.05) is 6.92 Å². The second-order valence-corrected chi connectivity index (χ2v) is 10.9. The summed E-state index contributed by atoms with van der Waals surface area (Å²) in [4.78, 5) is 28.3. The largest absolute Gasteiger partial charge is 0.497 e. The topological polar surface area (TPSA) is 96.0 Å². The highest BCUT2D eigenvalue weighted by atomic mass is 32.2. The van der Waals surface area contributed by atoms with Crippen molar-refractivity contribution in [1.82, 2.24) is 10.2 Å². The van der Waals surface area contributed by atoms with Crippen LogP contribution in [0.15, 0.2) is 48.5 Å². The number of nitrogens with one attached hydrogen (secondary N) is 1. The van der Waals surface area contributed by atoms with Crippen LogP contribution in [0.3, 0.4) is 0 Å². The van der Waals surface area contributed by atoms with Gasteiger partial charge in [-0.15, -0.1) is 0 Å². The molecule has 0 aromatic heterocycles. The smallest absolute Gasteiger partial charge is 0.244 e. The molecule has 0 heterocycles. The molecule has 3 rings (SSSR count). The summed E-state index contributed by atoms with van der Waals surface area (Å²) in [5, 5.41) is 3.06. The van der Waals surface area contributed by atoms with E-state index in [1.165, 1.54) is 23.1 Å². The first kappa shape index (κ1) is 27.4. The summed E-state index contributed by atoms with van der Waals surface area (Å²) in [6.07, 6.45) is 5.20. The number of carbonyl (C=O) groups is 2. The van der Waals surface area contributed by atoms with E-state index >= 15 is 0 Å². The summed E-state index contributed by atoms with van der Waals surface area (Å²) >= 11 is 0. The third-order valence-corrected chi connectivity index (χ3v) is 7.52. The molecule has 2 aromatic carbocycles. The Balaban J connectivity index is 1.91. The quantitative estimate of drug-likeness (QED) is 0.491. The average molecular weight is 520 g/mol. The highest BCUT2D eigenvalue weighted by Crippen LogP contribution is 2.22. The molecule has 1 atom stereocenters. The van der Waals surface area contributed by atoms with E-state index < -0.39 is 34.3 Å². The lowest BCUT2D eigenvalue weighted by Gasteiger charge is -2.33. The number of ether oxygens (including phenoxy) is 1. The summed E-state index contributed by atoms with van der Waals surface area (Å²) < 4.78 is 45.1. The molecule has 10 heteroatoms. The van der Waals surface area contributed by atoms with Gasteiger partial charge in [-0.1, -0.05) is 38.0 Å². The third-order valence-electron chi connectivity index (χ3n) is 6.37. The van der Waals surface area contributed by atoms with E-state index in [2.05, 4.69) is 5.32 Å². The van der Waals surface area contributed by atoms with Crippen LogP contribution in [0.4, 0.5) is 10.1 Å². The Bertz CT molecular complexity index is 1150. The number of sulfonamides is 1. The number of nitrogens with zero attached hydrogens (tertiary/aromatic N) is 2. The molecule has 0 saturated heterocycles. The molecule has 36 heavy (non-hydrogen) atoms. The van der Waals surface area contributed by atoms with Crippen LogP contribution in [0.25, 0.3) is 0 Å². The van der Waals surface area contributed by atoms with E-state index in [9.17, 15) is 22.4 Å². The zero-order valence-corrected chi connectivity index (χ0v) is 21.8. The van der Waals surface area contributed by atoms with Gasteiger partial charge in [0.05, 0.1) is 19.1 Å². The van der Waals surface area contributed by atoms with Gasteiger partial charge in [-0.25, -0.2) is 12.8 Å². The fourth-order valence-corrected chi connectivity index (χ4v) is 5.30. The van der Waals surface area contributed by atoms with Gasteiger partial charge in [-0.2, -0.15) is 0 Å². The zero-order valence-electron chi connectivity index (χ0n) is 20.9. The summed E-state index contributed by atoms with van der Waals surface area (Å²) in [7, 11) is -2.36. The first-order valence-corrected chi connectivity index (χ1v) is 13.9. The fourth-order valence-electron chi connectivity index (χ4n) is 4.46. The molecule has 1 fully saturated rings. The monoisotopic (exact) mass is 519 g/mol. The van der Waals surface area contributed by atoms with Crippen molar-refractivity contribution in [2.75, 3.05) is 24.2 Å². The van der Waals surface area contributed by atoms with E-state index in [4.69, 9.17) is 4.74 Å². The van der Waals surface area contributed by atoms with Crippen LogP contribution in [0.2, 0.25) is 0 Å². The number of halogens is 1. The number of hydrogen-bond donors (Lipinski definition) is 1. The van der Waals surface area contributed by atoms with Gasteiger partial charge in [-0.05, 0) is 55.2 Å². The number of anilines is 1. The van der Waals surface area contributed by atoms with Crippen LogP contribution in [0.1, 0.15) is 44.6 Å². The van der Waals surface area contributed by atoms with Crippen LogP contribution in [-0.2, 0) is 26.2 Å². The molecule has 1 saturated carbocycles. The molecule has 1 aliphatic rings. The van der Waals surface area contributed by atoms with Crippen LogP contribution in [0, 0.1) is 5.82 Å². The van der Waals surface area contributed by atoms with Gasteiger partial charge in [0.2, 0.25) is 21.8 Å². The molecule has 0 unspecified atom stereocenters. The molecule has 0 radical (unpaired) electrons.